The Morgan fingerprint density at radius 2 is 2.22 bits per heavy atom. The van der Waals surface area contributed by atoms with E-state index in [1.54, 1.807) is 62.1 Å². The second kappa shape index (κ2) is 9.86. The third-order valence-electron chi connectivity index (χ3n) is 7.19. The highest BCUT2D eigenvalue weighted by molar-refractivity contribution is 14.1. The van der Waals surface area contributed by atoms with Gasteiger partial charge in [0.2, 0.25) is 14.5 Å². The van der Waals surface area contributed by atoms with Crippen molar-refractivity contribution in [3.63, 3.8) is 0 Å². The second-order valence-corrected chi connectivity index (χ2v) is 13.3. The number of nitrogens with two attached hydrogens (primary N) is 1. The number of thiazole rings is 1. The number of hydrogen-bond donors (Lipinski definition) is 3. The smallest absolute Gasteiger partial charge is 0.259 e. The maximum absolute atomic E-state index is 12.7. The standard InChI is InChI=1S/C24H28IN5O4S2/c1-11-20-19(12(2)31)24(34)30(20)21(23(25)33)22(11)36-15-6-14(27-7-15)4-5-16-13(3)35-18-9-28(8-17(26)32)10-29(16)18/h4-5,9-12,14-15,19-20,27,31H,6-8H2,1-3H3,(H-,26,32)/p+1/b5-4-/t11-,12-,14-,15+,19-,20-/m1/s1. The van der Waals surface area contributed by atoms with Gasteiger partial charge < -0.3 is 21.1 Å². The van der Waals surface area contributed by atoms with Crippen molar-refractivity contribution in [2.24, 2.45) is 17.6 Å². The number of amides is 2. The van der Waals surface area contributed by atoms with E-state index in [1.165, 1.54) is 4.88 Å². The van der Waals surface area contributed by atoms with Crippen LogP contribution in [0.1, 0.15) is 30.8 Å². The Bertz CT molecular complexity index is 1320. The van der Waals surface area contributed by atoms with Gasteiger partial charge >= 0.3 is 0 Å². The molecule has 2 amide bonds. The number of thioether (sulfide) groups is 1. The van der Waals surface area contributed by atoms with E-state index >= 15 is 0 Å². The number of nitrogens with zero attached hydrogens (tertiary/aromatic N) is 3. The van der Waals surface area contributed by atoms with Crippen molar-refractivity contribution in [3.05, 3.63) is 39.8 Å². The molecule has 9 nitrogen and oxygen atoms in total. The van der Waals surface area contributed by atoms with E-state index in [9.17, 15) is 19.5 Å². The maximum Gasteiger partial charge on any atom is 0.259 e. The van der Waals surface area contributed by atoms with Gasteiger partial charge in [-0.25, -0.2) is 4.57 Å². The number of allylic oxidation sites excluding steroid dienone is 1. The predicted octanol–water partition coefficient (Wildman–Crippen LogP) is 1.59. The van der Waals surface area contributed by atoms with Crippen molar-refractivity contribution in [1.82, 2.24) is 14.6 Å². The second-order valence-electron chi connectivity index (χ2n) is 9.72. The van der Waals surface area contributed by atoms with Gasteiger partial charge in [-0.05, 0) is 26.3 Å². The van der Waals surface area contributed by atoms with Crippen LogP contribution in [0.2, 0.25) is 0 Å². The molecule has 12 heteroatoms. The first-order valence-corrected chi connectivity index (χ1v) is 14.7. The van der Waals surface area contributed by atoms with Crippen LogP contribution in [0.5, 0.6) is 0 Å². The average molecular weight is 643 g/mol. The summed E-state index contributed by atoms with van der Waals surface area (Å²) in [4.78, 5) is 41.3. The Kier molecular flexibility index (Phi) is 7.09. The van der Waals surface area contributed by atoms with Crippen LogP contribution in [0.4, 0.5) is 0 Å². The molecule has 192 valence electrons. The first-order chi connectivity index (χ1) is 17.1. The van der Waals surface area contributed by atoms with Crippen LogP contribution < -0.4 is 15.6 Å². The van der Waals surface area contributed by atoms with Crippen molar-refractivity contribution < 1.29 is 24.1 Å². The minimum atomic E-state index is -0.726. The van der Waals surface area contributed by atoms with Crippen LogP contribution in [0.25, 0.3) is 10.9 Å². The summed E-state index contributed by atoms with van der Waals surface area (Å²) >= 11 is 5.13. The van der Waals surface area contributed by atoms with Crippen molar-refractivity contribution in [2.75, 3.05) is 6.54 Å². The Hall–Kier alpha value is -1.74. The van der Waals surface area contributed by atoms with Crippen LogP contribution >= 0.6 is 45.7 Å². The lowest BCUT2D eigenvalue weighted by molar-refractivity contribution is -0.682. The molecule has 2 aromatic heterocycles. The molecule has 0 spiro atoms. The first kappa shape index (κ1) is 25.9. The number of carbonyl (C=O) groups excluding carboxylic acids is 3. The fourth-order valence-corrected chi connectivity index (χ4v) is 8.81. The number of rotatable bonds is 8. The number of fused-ring (bicyclic) bond motifs is 2. The number of imidazole rings is 1. The van der Waals surface area contributed by atoms with Crippen molar-refractivity contribution in [2.45, 2.75) is 57.2 Å². The fraction of sp³-hybridized carbons (Fsp3) is 0.500. The molecule has 3 aliphatic heterocycles. The fourth-order valence-electron chi connectivity index (χ4n) is 5.56. The summed E-state index contributed by atoms with van der Waals surface area (Å²) in [6, 6.07) is 0.0479. The molecule has 5 rings (SSSR count). The zero-order chi connectivity index (χ0) is 25.9. The van der Waals surface area contributed by atoms with Gasteiger partial charge in [-0.2, -0.15) is 4.40 Å². The Labute approximate surface area is 230 Å². The highest BCUT2D eigenvalue weighted by Gasteiger charge is 2.59. The van der Waals surface area contributed by atoms with Crippen molar-refractivity contribution in [1.29, 1.82) is 0 Å². The maximum atomic E-state index is 12.7. The number of aryl methyl sites for hydroxylation is 1. The van der Waals surface area contributed by atoms with Gasteiger partial charge in [0.05, 0.1) is 22.9 Å². The zero-order valence-corrected chi connectivity index (χ0v) is 24.0. The van der Waals surface area contributed by atoms with Gasteiger partial charge in [0, 0.05) is 51.3 Å². The molecule has 0 radical (unpaired) electrons. The summed E-state index contributed by atoms with van der Waals surface area (Å²) in [7, 11) is 0. The van der Waals surface area contributed by atoms with E-state index in [4.69, 9.17) is 5.73 Å². The predicted molar refractivity (Wildman–Crippen MR) is 147 cm³/mol. The third-order valence-corrected chi connectivity index (χ3v) is 10.2. The summed E-state index contributed by atoms with van der Waals surface area (Å²) in [5.41, 5.74) is 6.92. The van der Waals surface area contributed by atoms with Crippen molar-refractivity contribution >= 4 is 72.2 Å². The first-order valence-electron chi connectivity index (χ1n) is 11.9. The Balaban J connectivity index is 1.29. The summed E-state index contributed by atoms with van der Waals surface area (Å²) in [6.07, 6.45) is 8.29. The normalized spacial score (nSPS) is 28.9. The summed E-state index contributed by atoms with van der Waals surface area (Å²) in [5, 5.41) is 13.9. The minimum absolute atomic E-state index is 0.0261. The van der Waals surface area contributed by atoms with E-state index in [1.807, 2.05) is 12.5 Å². The number of β-lactam (4-membered cyclic amide) rings is 1. The molecule has 2 aromatic rings. The molecular weight excluding hydrogens is 613 g/mol. The number of nitrogens with one attached hydrogen (secondary N) is 1. The third kappa shape index (κ3) is 4.44. The Morgan fingerprint density at radius 3 is 2.89 bits per heavy atom. The van der Waals surface area contributed by atoms with Gasteiger partial charge in [-0.15, -0.1) is 11.8 Å². The number of primary amides is 1. The minimum Gasteiger partial charge on any atom is -0.393 e. The van der Waals surface area contributed by atoms with Crippen LogP contribution in [-0.2, 0) is 20.9 Å². The molecule has 2 fully saturated rings. The summed E-state index contributed by atoms with van der Waals surface area (Å²) in [5.74, 6) is -0.941. The lowest BCUT2D eigenvalue weighted by Crippen LogP contribution is -2.63. The molecule has 0 aromatic carbocycles. The highest BCUT2D eigenvalue weighted by Crippen LogP contribution is 2.52. The van der Waals surface area contributed by atoms with E-state index < -0.39 is 12.0 Å². The number of hydrogen-bond acceptors (Lipinski definition) is 7. The molecule has 0 bridgehead atoms. The summed E-state index contributed by atoms with van der Waals surface area (Å²) in [6.45, 7) is 6.74. The van der Waals surface area contributed by atoms with Crippen LogP contribution in [-0.4, -0.2) is 60.0 Å². The highest BCUT2D eigenvalue weighted by atomic mass is 127. The number of halogens is 1. The molecule has 5 heterocycles. The molecule has 0 aliphatic carbocycles. The quantitative estimate of drug-likeness (QED) is 0.174. The van der Waals surface area contributed by atoms with Gasteiger partial charge in [-0.3, -0.25) is 14.4 Å². The average Bonchev–Trinajstić information content (AvgIpc) is 3.50. The molecule has 3 aliphatic rings. The van der Waals surface area contributed by atoms with E-state index in [-0.39, 0.29) is 45.4 Å². The molecule has 4 N–H and O–H groups in total. The molecule has 36 heavy (non-hydrogen) atoms. The Morgan fingerprint density at radius 1 is 1.47 bits per heavy atom. The SMILES string of the molecule is Cc1sc2c[n+](CC(N)=O)cn2c1/C=C\[C@@H]1C[C@H](SC2=C(C(=O)I)N3C(=O)[C@H]([C@@H](C)O)[C@H]3[C@H]2C)CN1. The van der Waals surface area contributed by atoms with Gasteiger partial charge in [0.15, 0.2) is 6.54 Å². The van der Waals surface area contributed by atoms with Gasteiger partial charge in [0.1, 0.15) is 17.6 Å². The number of aliphatic hydroxyl groups is 1. The van der Waals surface area contributed by atoms with Crippen LogP contribution in [0.15, 0.2) is 29.2 Å². The van der Waals surface area contributed by atoms with E-state index in [0.29, 0.717) is 5.70 Å². The topological polar surface area (TPSA) is 121 Å². The largest absolute Gasteiger partial charge is 0.393 e. The molecule has 0 unspecified atom stereocenters. The van der Waals surface area contributed by atoms with E-state index in [0.717, 1.165) is 28.4 Å². The number of aromatic nitrogens is 2. The molecule has 0 saturated carbocycles. The molecule has 6 atom stereocenters. The lowest BCUT2D eigenvalue weighted by atomic mass is 9.79. The molecule has 2 saturated heterocycles. The zero-order valence-electron chi connectivity index (χ0n) is 20.2. The number of carbonyl (C=O) groups is 3. The van der Waals surface area contributed by atoms with Gasteiger partial charge in [-0.1, -0.05) is 24.3 Å². The van der Waals surface area contributed by atoms with Crippen molar-refractivity contribution in [3.8, 4) is 0 Å². The van der Waals surface area contributed by atoms with E-state index in [2.05, 4.69) is 35.7 Å². The number of aliphatic hydroxyl groups excluding tert-OH is 1. The lowest BCUT2D eigenvalue weighted by Gasteiger charge is -2.46. The monoisotopic (exact) mass is 642 g/mol. The van der Waals surface area contributed by atoms with Gasteiger partial charge in [0.25, 0.3) is 12.2 Å². The molecular formula is C24H29IN5O4S2+. The van der Waals surface area contributed by atoms with Crippen LogP contribution in [0, 0.1) is 18.8 Å². The summed E-state index contributed by atoms with van der Waals surface area (Å²) < 4.78 is 3.75. The van der Waals surface area contributed by atoms with Crippen LogP contribution in [0.3, 0.4) is 0 Å².